The van der Waals surface area contributed by atoms with Crippen LogP contribution in [0.15, 0.2) is 24.3 Å². The van der Waals surface area contributed by atoms with E-state index in [0.29, 0.717) is 6.54 Å². The molecule has 0 spiro atoms. The van der Waals surface area contributed by atoms with E-state index in [1.807, 2.05) is 0 Å². The van der Waals surface area contributed by atoms with Gasteiger partial charge in [-0.05, 0) is 31.9 Å². The Morgan fingerprint density at radius 3 is 2.25 bits per heavy atom. The van der Waals surface area contributed by atoms with E-state index in [-0.39, 0.29) is 5.54 Å². The summed E-state index contributed by atoms with van der Waals surface area (Å²) in [7, 11) is 0. The lowest BCUT2D eigenvalue weighted by Gasteiger charge is -2.33. The maximum absolute atomic E-state index is 5.92. The molecule has 0 aliphatic heterocycles. The second kappa shape index (κ2) is 5.90. The number of nitrogens with two attached hydrogens (primary N) is 1. The van der Waals surface area contributed by atoms with Crippen molar-refractivity contribution in [3.8, 4) is 0 Å². The van der Waals surface area contributed by atoms with E-state index < -0.39 is 0 Å². The van der Waals surface area contributed by atoms with E-state index in [9.17, 15) is 0 Å². The minimum atomic E-state index is 0.0595. The third-order valence-corrected chi connectivity index (χ3v) is 3.26. The SMILES string of the molecule is CCCC(CC)(CN)Nc1ccc(C)cc1. The molecule has 0 aliphatic carbocycles. The molecule has 0 aliphatic rings. The highest BCUT2D eigenvalue weighted by Gasteiger charge is 2.24. The topological polar surface area (TPSA) is 38.0 Å². The van der Waals surface area contributed by atoms with Gasteiger partial charge in [-0.3, -0.25) is 0 Å². The molecule has 0 heterocycles. The molecule has 0 fully saturated rings. The first-order valence-electron chi connectivity index (χ1n) is 6.20. The Bertz CT molecular complexity index is 299. The number of hydrogen-bond donors (Lipinski definition) is 2. The number of aryl methyl sites for hydroxylation is 1. The van der Waals surface area contributed by atoms with E-state index in [2.05, 4.69) is 50.4 Å². The van der Waals surface area contributed by atoms with Gasteiger partial charge < -0.3 is 11.1 Å². The first kappa shape index (κ1) is 13.0. The van der Waals surface area contributed by atoms with Crippen LogP contribution in [0.1, 0.15) is 38.7 Å². The molecule has 16 heavy (non-hydrogen) atoms. The first-order chi connectivity index (χ1) is 7.65. The van der Waals surface area contributed by atoms with Gasteiger partial charge in [0.2, 0.25) is 0 Å². The summed E-state index contributed by atoms with van der Waals surface area (Å²) in [5, 5.41) is 3.60. The molecule has 0 amide bonds. The summed E-state index contributed by atoms with van der Waals surface area (Å²) in [5.74, 6) is 0. The fraction of sp³-hybridized carbons (Fsp3) is 0.571. The van der Waals surface area contributed by atoms with Gasteiger partial charge in [0.25, 0.3) is 0 Å². The summed E-state index contributed by atoms with van der Waals surface area (Å²) in [6.45, 7) is 7.19. The van der Waals surface area contributed by atoms with E-state index >= 15 is 0 Å². The molecule has 0 bridgehead atoms. The number of anilines is 1. The van der Waals surface area contributed by atoms with Gasteiger partial charge in [0.05, 0.1) is 0 Å². The molecule has 2 nitrogen and oxygen atoms in total. The Hall–Kier alpha value is -1.02. The van der Waals surface area contributed by atoms with Crippen molar-refractivity contribution in [1.29, 1.82) is 0 Å². The molecular formula is C14H24N2. The smallest absolute Gasteiger partial charge is 0.0493 e. The van der Waals surface area contributed by atoms with Gasteiger partial charge in [0, 0.05) is 17.8 Å². The highest BCUT2D eigenvalue weighted by atomic mass is 15.0. The van der Waals surface area contributed by atoms with Crippen LogP contribution in [0.2, 0.25) is 0 Å². The van der Waals surface area contributed by atoms with Crippen LogP contribution in [0.5, 0.6) is 0 Å². The Labute approximate surface area is 99.2 Å². The molecule has 1 unspecified atom stereocenters. The summed E-state index contributed by atoms with van der Waals surface area (Å²) in [6.07, 6.45) is 3.34. The van der Waals surface area contributed by atoms with Crippen molar-refractivity contribution in [2.24, 2.45) is 5.73 Å². The van der Waals surface area contributed by atoms with Crippen molar-refractivity contribution >= 4 is 5.69 Å². The minimum Gasteiger partial charge on any atom is -0.378 e. The largest absolute Gasteiger partial charge is 0.378 e. The molecule has 0 aromatic heterocycles. The predicted molar refractivity (Wildman–Crippen MR) is 71.8 cm³/mol. The quantitative estimate of drug-likeness (QED) is 0.772. The predicted octanol–water partition coefficient (Wildman–Crippen LogP) is 3.31. The van der Waals surface area contributed by atoms with Crippen LogP contribution in [0.25, 0.3) is 0 Å². The zero-order valence-electron chi connectivity index (χ0n) is 10.7. The summed E-state index contributed by atoms with van der Waals surface area (Å²) in [6, 6.07) is 8.52. The van der Waals surface area contributed by atoms with Crippen LogP contribution in [-0.2, 0) is 0 Å². The molecule has 1 rings (SSSR count). The molecule has 1 aromatic rings. The zero-order chi connectivity index (χ0) is 12.0. The third-order valence-electron chi connectivity index (χ3n) is 3.26. The van der Waals surface area contributed by atoms with Crippen LogP contribution in [0.3, 0.4) is 0 Å². The van der Waals surface area contributed by atoms with Gasteiger partial charge in [-0.25, -0.2) is 0 Å². The van der Waals surface area contributed by atoms with Crippen molar-refractivity contribution in [1.82, 2.24) is 0 Å². The highest BCUT2D eigenvalue weighted by molar-refractivity contribution is 5.46. The van der Waals surface area contributed by atoms with Crippen LogP contribution < -0.4 is 11.1 Å². The van der Waals surface area contributed by atoms with E-state index in [1.165, 1.54) is 11.3 Å². The van der Waals surface area contributed by atoms with Gasteiger partial charge in [0.1, 0.15) is 0 Å². The van der Waals surface area contributed by atoms with Crippen LogP contribution in [0, 0.1) is 6.92 Å². The Morgan fingerprint density at radius 2 is 1.81 bits per heavy atom. The van der Waals surface area contributed by atoms with Crippen molar-refractivity contribution in [2.75, 3.05) is 11.9 Å². The highest BCUT2D eigenvalue weighted by Crippen LogP contribution is 2.23. The average molecular weight is 220 g/mol. The van der Waals surface area contributed by atoms with Crippen LogP contribution in [-0.4, -0.2) is 12.1 Å². The van der Waals surface area contributed by atoms with Crippen LogP contribution in [0.4, 0.5) is 5.69 Å². The van der Waals surface area contributed by atoms with Crippen molar-refractivity contribution in [3.63, 3.8) is 0 Å². The maximum Gasteiger partial charge on any atom is 0.0493 e. The van der Waals surface area contributed by atoms with Crippen LogP contribution >= 0.6 is 0 Å². The lowest BCUT2D eigenvalue weighted by molar-refractivity contribution is 0.422. The Morgan fingerprint density at radius 1 is 1.19 bits per heavy atom. The maximum atomic E-state index is 5.92. The third kappa shape index (κ3) is 3.24. The number of hydrogen-bond acceptors (Lipinski definition) is 2. The fourth-order valence-corrected chi connectivity index (χ4v) is 2.05. The fourth-order valence-electron chi connectivity index (χ4n) is 2.05. The molecule has 1 atom stereocenters. The lowest BCUT2D eigenvalue weighted by Crippen LogP contribution is -2.44. The van der Waals surface area contributed by atoms with E-state index in [4.69, 9.17) is 5.73 Å². The second-order valence-corrected chi connectivity index (χ2v) is 4.58. The molecule has 90 valence electrons. The number of rotatable bonds is 6. The molecular weight excluding hydrogens is 196 g/mol. The minimum absolute atomic E-state index is 0.0595. The average Bonchev–Trinajstić information content (AvgIpc) is 2.31. The lowest BCUT2D eigenvalue weighted by atomic mass is 9.90. The summed E-state index contributed by atoms with van der Waals surface area (Å²) < 4.78 is 0. The number of benzene rings is 1. The van der Waals surface area contributed by atoms with Crippen molar-refractivity contribution in [2.45, 2.75) is 45.6 Å². The Kier molecular flexibility index (Phi) is 4.81. The second-order valence-electron chi connectivity index (χ2n) is 4.58. The molecule has 1 aromatic carbocycles. The van der Waals surface area contributed by atoms with E-state index in [0.717, 1.165) is 19.3 Å². The van der Waals surface area contributed by atoms with Crippen molar-refractivity contribution in [3.05, 3.63) is 29.8 Å². The van der Waals surface area contributed by atoms with Gasteiger partial charge in [0.15, 0.2) is 0 Å². The van der Waals surface area contributed by atoms with Gasteiger partial charge in [-0.1, -0.05) is 38.0 Å². The first-order valence-corrected chi connectivity index (χ1v) is 6.20. The number of nitrogens with one attached hydrogen (secondary N) is 1. The van der Waals surface area contributed by atoms with Gasteiger partial charge in [-0.2, -0.15) is 0 Å². The standard InChI is InChI=1S/C14H24N2/c1-4-10-14(5-2,11-15)16-13-8-6-12(3)7-9-13/h6-9,16H,4-5,10-11,15H2,1-3H3. The zero-order valence-corrected chi connectivity index (χ0v) is 10.7. The molecule has 0 saturated heterocycles. The Balaban J connectivity index is 2.78. The molecule has 2 heteroatoms. The molecule has 0 saturated carbocycles. The summed E-state index contributed by atoms with van der Waals surface area (Å²) >= 11 is 0. The summed E-state index contributed by atoms with van der Waals surface area (Å²) in [4.78, 5) is 0. The monoisotopic (exact) mass is 220 g/mol. The molecule has 3 N–H and O–H groups in total. The van der Waals surface area contributed by atoms with Crippen molar-refractivity contribution < 1.29 is 0 Å². The van der Waals surface area contributed by atoms with E-state index in [1.54, 1.807) is 0 Å². The normalized spacial score (nSPS) is 14.5. The van der Waals surface area contributed by atoms with Gasteiger partial charge >= 0.3 is 0 Å². The molecule has 0 radical (unpaired) electrons. The van der Waals surface area contributed by atoms with Gasteiger partial charge in [-0.15, -0.1) is 0 Å². The summed E-state index contributed by atoms with van der Waals surface area (Å²) in [5.41, 5.74) is 8.44.